The van der Waals surface area contributed by atoms with E-state index >= 15 is 0 Å². The van der Waals surface area contributed by atoms with E-state index in [1.54, 1.807) is 22.8 Å². The van der Waals surface area contributed by atoms with Gasteiger partial charge in [0.15, 0.2) is 5.96 Å². The van der Waals surface area contributed by atoms with Crippen LogP contribution >= 0.6 is 24.0 Å². The molecule has 25 heavy (non-hydrogen) atoms. The molecule has 0 unspecified atom stereocenters. The second kappa shape index (κ2) is 9.36. The molecule has 0 radical (unpaired) electrons. The van der Waals surface area contributed by atoms with Gasteiger partial charge < -0.3 is 15.1 Å². The zero-order chi connectivity index (χ0) is 17.7. The molecule has 1 fully saturated rings. The van der Waals surface area contributed by atoms with Crippen LogP contribution in [0.15, 0.2) is 17.4 Å². The summed E-state index contributed by atoms with van der Waals surface area (Å²) < 4.78 is 23.9. The number of piperazine rings is 1. The summed E-state index contributed by atoms with van der Waals surface area (Å²) in [5.41, 5.74) is 0.790. The third kappa shape index (κ3) is 6.45. The second-order valence-electron chi connectivity index (χ2n) is 5.80. The van der Waals surface area contributed by atoms with E-state index in [1.807, 2.05) is 18.1 Å². The number of sulfone groups is 1. The Hall–Kier alpha value is -1.37. The Labute approximate surface area is 165 Å². The van der Waals surface area contributed by atoms with Crippen molar-refractivity contribution in [2.24, 2.45) is 12.0 Å². The number of nitrogens with one attached hydrogen (secondary N) is 1. The van der Waals surface area contributed by atoms with Crippen LogP contribution in [0.4, 0.5) is 5.69 Å². The summed E-state index contributed by atoms with van der Waals surface area (Å²) in [5.74, 6) is 0.723. The van der Waals surface area contributed by atoms with Crippen molar-refractivity contribution in [3.8, 4) is 0 Å². The van der Waals surface area contributed by atoms with Crippen LogP contribution in [-0.2, 0) is 21.7 Å². The molecule has 0 aromatic carbocycles. The molecule has 0 atom stereocenters. The number of hydrogen-bond donors (Lipinski definition) is 1. The summed E-state index contributed by atoms with van der Waals surface area (Å²) in [6.07, 6.45) is 5.21. The lowest BCUT2D eigenvalue weighted by Crippen LogP contribution is -2.55. The van der Waals surface area contributed by atoms with E-state index in [0.717, 1.165) is 5.69 Å². The van der Waals surface area contributed by atoms with Crippen molar-refractivity contribution in [2.45, 2.75) is 6.42 Å². The lowest BCUT2D eigenvalue weighted by Gasteiger charge is -2.35. The number of carbonyl (C=O) groups is 1. The van der Waals surface area contributed by atoms with Gasteiger partial charge in [-0.3, -0.25) is 14.5 Å². The van der Waals surface area contributed by atoms with Gasteiger partial charge in [0, 0.05) is 46.2 Å². The van der Waals surface area contributed by atoms with Gasteiger partial charge in [-0.25, -0.2) is 8.42 Å². The smallest absolute Gasteiger partial charge is 0.246 e. The number of carbonyl (C=O) groups excluding carboxylic acids is 1. The molecule has 1 N–H and O–H groups in total. The Morgan fingerprint density at radius 3 is 2.64 bits per heavy atom. The maximum Gasteiger partial charge on any atom is 0.246 e. The van der Waals surface area contributed by atoms with Gasteiger partial charge in [0.25, 0.3) is 0 Å². The predicted octanol–water partition coefficient (Wildman–Crippen LogP) is -0.303. The van der Waals surface area contributed by atoms with E-state index < -0.39 is 9.84 Å². The summed E-state index contributed by atoms with van der Waals surface area (Å²) in [6.45, 7) is 1.92. The topological polar surface area (TPSA) is 99.9 Å². The van der Waals surface area contributed by atoms with Gasteiger partial charge in [-0.15, -0.1) is 24.0 Å². The number of rotatable bonds is 5. The third-order valence-electron chi connectivity index (χ3n) is 3.71. The van der Waals surface area contributed by atoms with Crippen molar-refractivity contribution >= 4 is 51.4 Å². The number of halogens is 1. The first-order chi connectivity index (χ1) is 11.3. The first-order valence-electron chi connectivity index (χ1n) is 7.72. The zero-order valence-corrected chi connectivity index (χ0v) is 17.8. The number of hydrogen-bond acceptors (Lipinski definition) is 5. The van der Waals surface area contributed by atoms with Gasteiger partial charge in [0.2, 0.25) is 5.91 Å². The highest BCUT2D eigenvalue weighted by Crippen LogP contribution is 2.15. The molecule has 0 spiro atoms. The molecule has 1 amide bonds. The molecule has 1 aromatic heterocycles. The number of aryl methyl sites for hydroxylation is 1. The van der Waals surface area contributed by atoms with Crippen LogP contribution in [0.3, 0.4) is 0 Å². The van der Waals surface area contributed by atoms with E-state index in [1.165, 1.54) is 6.26 Å². The van der Waals surface area contributed by atoms with Crippen molar-refractivity contribution in [1.82, 2.24) is 20.0 Å². The Bertz CT molecular complexity index is 718. The van der Waals surface area contributed by atoms with Crippen molar-refractivity contribution in [1.29, 1.82) is 0 Å². The molecule has 1 aromatic rings. The lowest BCUT2D eigenvalue weighted by atomic mass is 10.3. The van der Waals surface area contributed by atoms with Gasteiger partial charge in [-0.1, -0.05) is 0 Å². The number of aliphatic imine (C=N–C) groups is 1. The highest BCUT2D eigenvalue weighted by molar-refractivity contribution is 14.0. The molecule has 1 saturated heterocycles. The lowest BCUT2D eigenvalue weighted by molar-refractivity contribution is -0.120. The van der Waals surface area contributed by atoms with Gasteiger partial charge in [0.05, 0.1) is 17.6 Å². The predicted molar refractivity (Wildman–Crippen MR) is 108 cm³/mol. The fraction of sp³-hybridized carbons (Fsp3) is 0.643. The molecule has 0 bridgehead atoms. The molecular formula is C14H25IN6O3S. The van der Waals surface area contributed by atoms with E-state index in [2.05, 4.69) is 15.4 Å². The molecule has 1 aliphatic heterocycles. The van der Waals surface area contributed by atoms with E-state index in [4.69, 9.17) is 0 Å². The fourth-order valence-corrected chi connectivity index (χ4v) is 3.21. The van der Waals surface area contributed by atoms with Crippen LogP contribution in [-0.4, -0.2) is 80.2 Å². The number of anilines is 1. The molecule has 2 heterocycles. The Morgan fingerprint density at radius 2 is 2.12 bits per heavy atom. The van der Waals surface area contributed by atoms with Crippen LogP contribution in [0, 0.1) is 0 Å². The van der Waals surface area contributed by atoms with E-state index in [0.29, 0.717) is 32.0 Å². The monoisotopic (exact) mass is 484 g/mol. The Balaban J connectivity index is 0.00000312. The third-order valence-corrected chi connectivity index (χ3v) is 4.74. The maximum atomic E-state index is 12.4. The minimum absolute atomic E-state index is 0. The SMILES string of the molecule is CN=C(NCCCS(C)(=O)=O)N1CCN(c2cnn(C)c2)C(=O)C1.I. The van der Waals surface area contributed by atoms with Crippen molar-refractivity contribution in [2.75, 3.05) is 50.1 Å². The molecule has 11 heteroatoms. The summed E-state index contributed by atoms with van der Waals surface area (Å²) >= 11 is 0. The quantitative estimate of drug-likeness (QED) is 0.267. The summed E-state index contributed by atoms with van der Waals surface area (Å²) in [7, 11) is 0.501. The summed E-state index contributed by atoms with van der Waals surface area (Å²) in [6, 6.07) is 0. The van der Waals surface area contributed by atoms with Crippen LogP contribution in [0.25, 0.3) is 0 Å². The highest BCUT2D eigenvalue weighted by atomic mass is 127. The normalized spacial score (nSPS) is 16.0. The van der Waals surface area contributed by atoms with Gasteiger partial charge in [-0.05, 0) is 6.42 Å². The van der Waals surface area contributed by atoms with E-state index in [-0.39, 0.29) is 42.2 Å². The van der Waals surface area contributed by atoms with Crippen LogP contribution in [0.2, 0.25) is 0 Å². The van der Waals surface area contributed by atoms with Gasteiger partial charge in [0.1, 0.15) is 16.4 Å². The second-order valence-corrected chi connectivity index (χ2v) is 8.06. The molecule has 0 aliphatic carbocycles. The van der Waals surface area contributed by atoms with Crippen LogP contribution < -0.4 is 10.2 Å². The highest BCUT2D eigenvalue weighted by Gasteiger charge is 2.27. The van der Waals surface area contributed by atoms with E-state index in [9.17, 15) is 13.2 Å². The molecule has 9 nitrogen and oxygen atoms in total. The summed E-state index contributed by atoms with van der Waals surface area (Å²) in [4.78, 5) is 20.1. The minimum Gasteiger partial charge on any atom is -0.356 e. The van der Waals surface area contributed by atoms with Crippen molar-refractivity contribution in [3.63, 3.8) is 0 Å². The molecule has 2 rings (SSSR count). The molecule has 1 aliphatic rings. The Kier molecular flexibility index (Phi) is 8.12. The van der Waals surface area contributed by atoms with Crippen LogP contribution in [0.1, 0.15) is 6.42 Å². The first kappa shape index (κ1) is 21.7. The fourth-order valence-electron chi connectivity index (χ4n) is 2.54. The minimum atomic E-state index is -2.96. The number of guanidine groups is 1. The number of nitrogens with zero attached hydrogens (tertiary/aromatic N) is 5. The first-order valence-corrected chi connectivity index (χ1v) is 9.78. The molecule has 0 saturated carbocycles. The van der Waals surface area contributed by atoms with Crippen molar-refractivity contribution in [3.05, 3.63) is 12.4 Å². The van der Waals surface area contributed by atoms with Gasteiger partial charge >= 0.3 is 0 Å². The van der Waals surface area contributed by atoms with Crippen LogP contribution in [0.5, 0.6) is 0 Å². The number of amides is 1. The van der Waals surface area contributed by atoms with Gasteiger partial charge in [-0.2, -0.15) is 5.10 Å². The summed E-state index contributed by atoms with van der Waals surface area (Å²) in [5, 5.41) is 7.21. The average Bonchev–Trinajstić information content (AvgIpc) is 2.92. The molecular weight excluding hydrogens is 459 g/mol. The number of aromatic nitrogens is 2. The standard InChI is InChI=1S/C14H24N6O3S.HI/c1-15-14(16-5-4-8-24(3,22)23)19-6-7-20(13(21)11-19)12-9-17-18(2)10-12;/h9-10H,4-8,11H2,1-3H3,(H,15,16);1H. The maximum absolute atomic E-state index is 12.4. The van der Waals surface area contributed by atoms with Crippen molar-refractivity contribution < 1.29 is 13.2 Å². The largest absolute Gasteiger partial charge is 0.356 e. The Morgan fingerprint density at radius 1 is 1.40 bits per heavy atom. The molecule has 142 valence electrons. The zero-order valence-electron chi connectivity index (χ0n) is 14.7. The average molecular weight is 484 g/mol.